The Bertz CT molecular complexity index is 335. The van der Waals surface area contributed by atoms with Gasteiger partial charge in [0.15, 0.2) is 0 Å². The van der Waals surface area contributed by atoms with Crippen molar-refractivity contribution in [1.82, 2.24) is 0 Å². The predicted octanol–water partition coefficient (Wildman–Crippen LogP) is 3.89. The summed E-state index contributed by atoms with van der Waals surface area (Å²) < 4.78 is 18.4. The van der Waals surface area contributed by atoms with Crippen LogP contribution in [0.15, 0.2) is 0 Å². The first kappa shape index (κ1) is 17.0. The molecule has 0 aromatic heterocycles. The molecule has 0 aromatic rings. The maximum absolute atomic E-state index is 6.67. The molecule has 0 N–H and O–H groups in total. The minimum atomic E-state index is 0.458. The Hall–Kier alpha value is 0.580. The summed E-state index contributed by atoms with van der Waals surface area (Å²) in [4.78, 5) is 0. The number of rotatable bonds is 6. The Morgan fingerprint density at radius 3 is 1.70 bits per heavy atom. The molecule has 0 spiro atoms. The van der Waals surface area contributed by atoms with Crippen LogP contribution < -0.4 is 0 Å². The zero-order valence-corrected chi connectivity index (χ0v) is 15.6. The molecule has 3 nitrogen and oxygen atoms in total. The smallest absolute Gasteiger partial charge is 0.0706 e. The van der Waals surface area contributed by atoms with Crippen LogP contribution in [0.25, 0.3) is 0 Å². The SMILES string of the molecule is C1COC(CC2SCCC2OC2CCSC2CC2CCCO2)C1. The largest absolute Gasteiger partial charge is 0.378 e. The Balaban J connectivity index is 1.28. The Kier molecular flexibility index (Phi) is 6.15. The van der Waals surface area contributed by atoms with Gasteiger partial charge in [0, 0.05) is 23.7 Å². The lowest BCUT2D eigenvalue weighted by molar-refractivity contribution is -0.0226. The summed E-state index contributed by atoms with van der Waals surface area (Å²) in [6.45, 7) is 1.94. The van der Waals surface area contributed by atoms with Crippen LogP contribution in [0, 0.1) is 0 Å². The van der Waals surface area contributed by atoms with Gasteiger partial charge in [-0.05, 0) is 62.9 Å². The number of hydrogen-bond acceptors (Lipinski definition) is 5. The van der Waals surface area contributed by atoms with E-state index in [0.29, 0.717) is 34.9 Å². The average Bonchev–Trinajstić information content (AvgIpc) is 3.32. The molecule has 0 bridgehead atoms. The van der Waals surface area contributed by atoms with E-state index in [9.17, 15) is 0 Å². The van der Waals surface area contributed by atoms with Gasteiger partial charge in [-0.2, -0.15) is 23.5 Å². The van der Waals surface area contributed by atoms with E-state index < -0.39 is 0 Å². The van der Waals surface area contributed by atoms with Crippen LogP contribution in [0.5, 0.6) is 0 Å². The number of hydrogen-bond donors (Lipinski definition) is 0. The Labute approximate surface area is 149 Å². The third-order valence-electron chi connectivity index (χ3n) is 5.69. The molecule has 132 valence electrons. The minimum absolute atomic E-state index is 0.458. The highest BCUT2D eigenvalue weighted by Crippen LogP contribution is 2.40. The lowest BCUT2D eigenvalue weighted by atomic mass is 10.0. The van der Waals surface area contributed by atoms with Gasteiger partial charge in [0.25, 0.3) is 0 Å². The van der Waals surface area contributed by atoms with Crippen molar-refractivity contribution in [2.75, 3.05) is 24.7 Å². The maximum Gasteiger partial charge on any atom is 0.0706 e. The fourth-order valence-corrected chi connectivity index (χ4v) is 7.29. The third kappa shape index (κ3) is 4.41. The molecule has 4 heterocycles. The van der Waals surface area contributed by atoms with E-state index >= 15 is 0 Å². The quantitative estimate of drug-likeness (QED) is 0.718. The second kappa shape index (κ2) is 8.31. The van der Waals surface area contributed by atoms with Gasteiger partial charge >= 0.3 is 0 Å². The zero-order chi connectivity index (χ0) is 15.5. The molecular formula is C18H30O3S2. The molecule has 0 amide bonds. The predicted molar refractivity (Wildman–Crippen MR) is 97.6 cm³/mol. The van der Waals surface area contributed by atoms with E-state index in [1.165, 1.54) is 62.9 Å². The molecule has 0 aliphatic carbocycles. The van der Waals surface area contributed by atoms with Crippen molar-refractivity contribution in [2.45, 2.75) is 86.3 Å². The van der Waals surface area contributed by atoms with E-state index in [1.54, 1.807) is 0 Å². The first-order chi connectivity index (χ1) is 11.4. The highest BCUT2D eigenvalue weighted by Gasteiger charge is 2.38. The topological polar surface area (TPSA) is 27.7 Å². The molecule has 0 radical (unpaired) electrons. The standard InChI is InChI=1S/C18H30O3S2/c1-3-13(19-7-1)11-17-15(5-9-22-17)21-16-6-10-23-18(16)12-14-4-2-8-20-14/h13-18H,1-12H2. The first-order valence-electron chi connectivity index (χ1n) is 9.50. The van der Waals surface area contributed by atoms with Crippen molar-refractivity contribution in [1.29, 1.82) is 0 Å². The number of thioether (sulfide) groups is 2. The molecular weight excluding hydrogens is 328 g/mol. The fraction of sp³-hybridized carbons (Fsp3) is 1.00. The monoisotopic (exact) mass is 358 g/mol. The van der Waals surface area contributed by atoms with Crippen LogP contribution in [0.4, 0.5) is 0 Å². The van der Waals surface area contributed by atoms with Crippen LogP contribution in [-0.4, -0.2) is 59.6 Å². The van der Waals surface area contributed by atoms with Gasteiger partial charge in [0.1, 0.15) is 0 Å². The van der Waals surface area contributed by atoms with Gasteiger partial charge in [-0.3, -0.25) is 0 Å². The highest BCUT2D eigenvalue weighted by molar-refractivity contribution is 8.00. The lowest BCUT2D eigenvalue weighted by Gasteiger charge is -2.28. The van der Waals surface area contributed by atoms with Crippen molar-refractivity contribution in [2.24, 2.45) is 0 Å². The van der Waals surface area contributed by atoms with Gasteiger partial charge in [0.2, 0.25) is 0 Å². The first-order valence-corrected chi connectivity index (χ1v) is 11.6. The van der Waals surface area contributed by atoms with Crippen LogP contribution in [-0.2, 0) is 14.2 Å². The second-order valence-electron chi connectivity index (χ2n) is 7.35. The molecule has 5 heteroatoms. The van der Waals surface area contributed by atoms with Crippen molar-refractivity contribution in [3.8, 4) is 0 Å². The fourth-order valence-electron chi connectivity index (χ4n) is 4.41. The average molecular weight is 359 g/mol. The third-order valence-corrected chi connectivity index (χ3v) is 8.48. The summed E-state index contributed by atoms with van der Waals surface area (Å²) in [6.07, 6.45) is 11.8. The van der Waals surface area contributed by atoms with Crippen LogP contribution in [0.3, 0.4) is 0 Å². The molecule has 6 atom stereocenters. The highest BCUT2D eigenvalue weighted by atomic mass is 32.2. The van der Waals surface area contributed by atoms with Gasteiger partial charge in [-0.15, -0.1) is 0 Å². The Morgan fingerprint density at radius 2 is 1.26 bits per heavy atom. The minimum Gasteiger partial charge on any atom is -0.378 e. The van der Waals surface area contributed by atoms with Crippen molar-refractivity contribution < 1.29 is 14.2 Å². The van der Waals surface area contributed by atoms with E-state index in [4.69, 9.17) is 14.2 Å². The van der Waals surface area contributed by atoms with Gasteiger partial charge in [0.05, 0.1) is 24.4 Å². The van der Waals surface area contributed by atoms with Crippen LogP contribution in [0.1, 0.15) is 51.4 Å². The maximum atomic E-state index is 6.67. The number of ether oxygens (including phenoxy) is 3. The van der Waals surface area contributed by atoms with E-state index in [0.717, 1.165) is 13.2 Å². The zero-order valence-electron chi connectivity index (χ0n) is 14.0. The summed E-state index contributed by atoms with van der Waals surface area (Å²) >= 11 is 4.24. The van der Waals surface area contributed by atoms with Crippen LogP contribution in [0.2, 0.25) is 0 Å². The molecule has 4 rings (SSSR count). The van der Waals surface area contributed by atoms with Crippen molar-refractivity contribution in [3.05, 3.63) is 0 Å². The second-order valence-corrected chi connectivity index (χ2v) is 10.0. The molecule has 0 saturated carbocycles. The summed E-state index contributed by atoms with van der Waals surface area (Å²) in [6, 6.07) is 0. The summed E-state index contributed by atoms with van der Waals surface area (Å²) in [5.41, 5.74) is 0. The van der Waals surface area contributed by atoms with Crippen molar-refractivity contribution >= 4 is 23.5 Å². The molecule has 4 aliphatic heterocycles. The van der Waals surface area contributed by atoms with E-state index in [-0.39, 0.29) is 0 Å². The summed E-state index contributed by atoms with van der Waals surface area (Å²) in [5.74, 6) is 2.52. The van der Waals surface area contributed by atoms with E-state index in [2.05, 4.69) is 23.5 Å². The Morgan fingerprint density at radius 1 is 0.739 bits per heavy atom. The van der Waals surface area contributed by atoms with Gasteiger partial charge < -0.3 is 14.2 Å². The van der Waals surface area contributed by atoms with E-state index in [1.807, 2.05) is 0 Å². The van der Waals surface area contributed by atoms with Crippen molar-refractivity contribution in [3.63, 3.8) is 0 Å². The molecule has 23 heavy (non-hydrogen) atoms. The molecule has 4 aliphatic rings. The summed E-state index contributed by atoms with van der Waals surface area (Å²) in [7, 11) is 0. The normalized spacial score (nSPS) is 44.3. The van der Waals surface area contributed by atoms with Gasteiger partial charge in [-0.25, -0.2) is 0 Å². The lowest BCUT2D eigenvalue weighted by Crippen LogP contribution is -2.34. The molecule has 4 saturated heterocycles. The molecule has 0 aromatic carbocycles. The van der Waals surface area contributed by atoms with Gasteiger partial charge in [-0.1, -0.05) is 0 Å². The summed E-state index contributed by atoms with van der Waals surface area (Å²) in [5, 5.41) is 1.32. The molecule has 6 unspecified atom stereocenters. The molecule has 4 fully saturated rings. The van der Waals surface area contributed by atoms with Crippen LogP contribution >= 0.6 is 23.5 Å².